The summed E-state index contributed by atoms with van der Waals surface area (Å²) in [7, 11) is 4.12. The van der Waals surface area contributed by atoms with E-state index in [9.17, 15) is 0 Å². The van der Waals surface area contributed by atoms with Crippen LogP contribution in [0.15, 0.2) is 61.2 Å². The van der Waals surface area contributed by atoms with Crippen molar-refractivity contribution in [3.8, 4) is 0 Å². The molecule has 1 N–H and O–H groups in total. The maximum absolute atomic E-state index is 5.93. The summed E-state index contributed by atoms with van der Waals surface area (Å²) in [6, 6.07) is 15.1. The van der Waals surface area contributed by atoms with E-state index in [1.165, 1.54) is 22.4 Å². The minimum Gasteiger partial charge on any atom is -0.378 e. The van der Waals surface area contributed by atoms with Crippen LogP contribution in [0.2, 0.25) is 0 Å². The number of imidazole rings is 1. The van der Waals surface area contributed by atoms with Crippen LogP contribution in [-0.4, -0.2) is 40.2 Å². The van der Waals surface area contributed by atoms with E-state index < -0.39 is 0 Å². The molecule has 32 heavy (non-hydrogen) atoms. The van der Waals surface area contributed by atoms with Crippen LogP contribution >= 0.6 is 12.2 Å². The highest BCUT2D eigenvalue weighted by Gasteiger charge is 2.15. The molecule has 0 aliphatic rings. The number of nitrogens with one attached hydrogen (secondary N) is 1. The molecule has 0 spiro atoms. The lowest BCUT2D eigenvalue weighted by Crippen LogP contribution is -2.36. The summed E-state index contributed by atoms with van der Waals surface area (Å²) in [5, 5.41) is 4.35. The quantitative estimate of drug-likeness (QED) is 0.426. The van der Waals surface area contributed by atoms with Crippen molar-refractivity contribution in [2.75, 3.05) is 30.9 Å². The van der Waals surface area contributed by atoms with E-state index in [0.717, 1.165) is 36.9 Å². The number of nitrogens with zero attached hydrogens (tertiary/aromatic N) is 4. The predicted molar refractivity (Wildman–Crippen MR) is 140 cm³/mol. The number of aromatic nitrogens is 2. The summed E-state index contributed by atoms with van der Waals surface area (Å²) in [6.45, 7) is 9.13. The first-order valence-electron chi connectivity index (χ1n) is 11.2. The van der Waals surface area contributed by atoms with Crippen LogP contribution in [-0.2, 0) is 13.1 Å². The molecular weight excluding hydrogens is 414 g/mol. The van der Waals surface area contributed by atoms with Crippen molar-refractivity contribution in [2.45, 2.75) is 46.2 Å². The Kier molecular flexibility index (Phi) is 8.28. The second-order valence-electron chi connectivity index (χ2n) is 8.76. The van der Waals surface area contributed by atoms with E-state index in [2.05, 4.69) is 102 Å². The Hall–Kier alpha value is -2.86. The van der Waals surface area contributed by atoms with E-state index in [4.69, 9.17) is 12.2 Å². The Morgan fingerprint density at radius 3 is 2.50 bits per heavy atom. The average molecular weight is 450 g/mol. The Balaban J connectivity index is 1.77. The van der Waals surface area contributed by atoms with Gasteiger partial charge in [-0.1, -0.05) is 44.2 Å². The normalized spacial score (nSPS) is 10.9. The van der Waals surface area contributed by atoms with Crippen LogP contribution in [0.3, 0.4) is 0 Å². The zero-order valence-electron chi connectivity index (χ0n) is 19.9. The van der Waals surface area contributed by atoms with E-state index in [-0.39, 0.29) is 0 Å². The average Bonchev–Trinajstić information content (AvgIpc) is 3.28. The summed E-state index contributed by atoms with van der Waals surface area (Å²) < 4.78 is 2.11. The van der Waals surface area contributed by atoms with Crippen LogP contribution in [0, 0.1) is 6.92 Å². The molecule has 0 radical (unpaired) electrons. The summed E-state index contributed by atoms with van der Waals surface area (Å²) in [6.07, 6.45) is 6.67. The number of anilines is 2. The fourth-order valence-corrected chi connectivity index (χ4v) is 4.02. The smallest absolute Gasteiger partial charge is 0.173 e. The number of hydrogen-bond acceptors (Lipinski definition) is 3. The zero-order chi connectivity index (χ0) is 23.1. The number of aryl methyl sites for hydroxylation is 2. The van der Waals surface area contributed by atoms with Crippen LogP contribution in [0.5, 0.6) is 0 Å². The molecular formula is C26H35N5S. The highest BCUT2D eigenvalue weighted by Crippen LogP contribution is 2.28. The lowest BCUT2D eigenvalue weighted by atomic mass is 9.98. The summed E-state index contributed by atoms with van der Waals surface area (Å²) in [5.74, 6) is 0.425. The van der Waals surface area contributed by atoms with Gasteiger partial charge in [0.05, 0.1) is 6.33 Å². The SMILES string of the molecule is Cc1cccc(C(C)C)c1NC(=S)N(CCCn1ccnc1)Cc1ccc(N(C)C)cc1. The van der Waals surface area contributed by atoms with Gasteiger partial charge in [-0.3, -0.25) is 0 Å². The fraction of sp³-hybridized carbons (Fsp3) is 0.385. The van der Waals surface area contributed by atoms with Crippen molar-refractivity contribution in [2.24, 2.45) is 0 Å². The molecule has 2 aromatic carbocycles. The third kappa shape index (κ3) is 6.33. The lowest BCUT2D eigenvalue weighted by Gasteiger charge is -2.28. The van der Waals surface area contributed by atoms with Gasteiger partial charge in [0.25, 0.3) is 0 Å². The maximum Gasteiger partial charge on any atom is 0.173 e. The van der Waals surface area contributed by atoms with E-state index in [0.29, 0.717) is 5.92 Å². The molecule has 5 nitrogen and oxygen atoms in total. The molecule has 0 atom stereocenters. The van der Waals surface area contributed by atoms with Crippen molar-refractivity contribution < 1.29 is 0 Å². The molecule has 0 saturated carbocycles. The Morgan fingerprint density at radius 1 is 1.12 bits per heavy atom. The molecule has 3 rings (SSSR count). The third-order valence-corrected chi connectivity index (χ3v) is 6.04. The van der Waals surface area contributed by atoms with Gasteiger partial charge < -0.3 is 19.7 Å². The minimum absolute atomic E-state index is 0.425. The second kappa shape index (κ2) is 11.1. The molecule has 170 valence electrons. The van der Waals surface area contributed by atoms with Crippen molar-refractivity contribution in [3.63, 3.8) is 0 Å². The largest absolute Gasteiger partial charge is 0.378 e. The van der Waals surface area contributed by atoms with Gasteiger partial charge in [-0.25, -0.2) is 4.98 Å². The lowest BCUT2D eigenvalue weighted by molar-refractivity contribution is 0.396. The zero-order valence-corrected chi connectivity index (χ0v) is 20.7. The van der Waals surface area contributed by atoms with Gasteiger partial charge >= 0.3 is 0 Å². The first kappa shape index (κ1) is 23.8. The molecule has 0 saturated heterocycles. The second-order valence-corrected chi connectivity index (χ2v) is 9.15. The standard InChI is InChI=1S/C26H35N5S/c1-20(2)24-9-6-8-21(3)25(24)28-26(32)31(16-7-15-30-17-14-27-19-30)18-22-10-12-23(13-11-22)29(4)5/h6,8-14,17,19-20H,7,15-16,18H2,1-5H3,(H,28,32). The Labute approximate surface area is 198 Å². The molecule has 0 bridgehead atoms. The third-order valence-electron chi connectivity index (χ3n) is 5.68. The van der Waals surface area contributed by atoms with Crippen molar-refractivity contribution in [1.82, 2.24) is 14.5 Å². The van der Waals surface area contributed by atoms with E-state index in [1.807, 2.05) is 18.7 Å². The highest BCUT2D eigenvalue weighted by atomic mass is 32.1. The summed E-state index contributed by atoms with van der Waals surface area (Å²) in [5.41, 5.74) is 6.09. The summed E-state index contributed by atoms with van der Waals surface area (Å²) >= 11 is 5.93. The van der Waals surface area contributed by atoms with Gasteiger partial charge in [0.15, 0.2) is 5.11 Å². The molecule has 3 aromatic rings. The molecule has 0 fully saturated rings. The summed E-state index contributed by atoms with van der Waals surface area (Å²) in [4.78, 5) is 8.53. The number of para-hydroxylation sites is 1. The molecule has 1 heterocycles. The van der Waals surface area contributed by atoms with Crippen LogP contribution in [0.4, 0.5) is 11.4 Å². The first-order valence-corrected chi connectivity index (χ1v) is 11.6. The van der Waals surface area contributed by atoms with Crippen molar-refractivity contribution >= 4 is 28.7 Å². The molecule has 0 aliphatic carbocycles. The highest BCUT2D eigenvalue weighted by molar-refractivity contribution is 7.80. The van der Waals surface area contributed by atoms with Gasteiger partial charge in [0.2, 0.25) is 0 Å². The predicted octanol–water partition coefficient (Wildman–Crippen LogP) is 5.67. The number of hydrogen-bond donors (Lipinski definition) is 1. The van der Waals surface area contributed by atoms with Crippen molar-refractivity contribution in [3.05, 3.63) is 77.9 Å². The van der Waals surface area contributed by atoms with Crippen LogP contribution in [0.25, 0.3) is 0 Å². The topological polar surface area (TPSA) is 36.3 Å². The number of thiocarbonyl (C=S) groups is 1. The van der Waals surface area contributed by atoms with Gasteiger partial charge in [-0.15, -0.1) is 0 Å². The minimum atomic E-state index is 0.425. The van der Waals surface area contributed by atoms with Gasteiger partial charge in [0, 0.05) is 57.5 Å². The van der Waals surface area contributed by atoms with Crippen molar-refractivity contribution in [1.29, 1.82) is 0 Å². The number of rotatable bonds is 9. The van der Waals surface area contributed by atoms with Crippen LogP contribution in [0.1, 0.15) is 42.9 Å². The first-order chi connectivity index (χ1) is 15.3. The molecule has 0 aliphatic heterocycles. The van der Waals surface area contributed by atoms with Gasteiger partial charge in [0.1, 0.15) is 0 Å². The fourth-order valence-electron chi connectivity index (χ4n) is 3.76. The monoisotopic (exact) mass is 449 g/mol. The van der Waals surface area contributed by atoms with E-state index in [1.54, 1.807) is 0 Å². The molecule has 0 amide bonds. The van der Waals surface area contributed by atoms with Gasteiger partial charge in [-0.05, 0) is 60.3 Å². The molecule has 1 aromatic heterocycles. The van der Waals surface area contributed by atoms with Crippen LogP contribution < -0.4 is 10.2 Å². The van der Waals surface area contributed by atoms with E-state index >= 15 is 0 Å². The molecule has 0 unspecified atom stereocenters. The Morgan fingerprint density at radius 2 is 1.88 bits per heavy atom. The Bertz CT molecular complexity index is 994. The number of benzene rings is 2. The molecule has 6 heteroatoms. The van der Waals surface area contributed by atoms with Gasteiger partial charge in [-0.2, -0.15) is 0 Å². The maximum atomic E-state index is 5.93.